The molecule has 0 saturated carbocycles. The molecule has 0 atom stereocenters. The zero-order valence-corrected chi connectivity index (χ0v) is 18.5. The number of rotatable bonds is 5. The number of hydrogen-bond donors (Lipinski definition) is 1. The highest BCUT2D eigenvalue weighted by molar-refractivity contribution is 9.10. The van der Waals surface area contributed by atoms with Gasteiger partial charge in [-0.15, -0.1) is 0 Å². The predicted molar refractivity (Wildman–Crippen MR) is 119 cm³/mol. The number of nitrogens with zero attached hydrogens (tertiary/aromatic N) is 1. The summed E-state index contributed by atoms with van der Waals surface area (Å²) in [6.07, 6.45) is 1.43. The topological polar surface area (TPSA) is 67.8 Å². The molecule has 0 fully saturated rings. The van der Waals surface area contributed by atoms with E-state index in [4.69, 9.17) is 4.74 Å². The number of hydrogen-bond acceptors (Lipinski definition) is 4. The number of ether oxygens (including phenoxy) is 1. The number of carbonyl (C=O) groups is 2. The third kappa shape index (κ3) is 5.85. The molecule has 146 valence electrons. The Hall–Kier alpha value is -2.77. The summed E-state index contributed by atoms with van der Waals surface area (Å²) in [7, 11) is 0. The standard InChI is InChI=1S/C22H16Br2N2O3/c1-14-4-2-6-16(10-14)22(28)29-20-9-8-19(24)12-17(20)13-25-26-21(27)15-5-3-7-18(23)11-15/h2-13H,1H3,(H,26,27)/b25-13+. The molecular weight excluding hydrogens is 500 g/mol. The van der Waals surface area contributed by atoms with Crippen molar-refractivity contribution in [3.63, 3.8) is 0 Å². The number of halogens is 2. The number of hydrazone groups is 1. The molecule has 0 aliphatic carbocycles. The maximum atomic E-state index is 12.4. The summed E-state index contributed by atoms with van der Waals surface area (Å²) in [6.45, 7) is 1.91. The van der Waals surface area contributed by atoms with Crippen LogP contribution >= 0.6 is 31.9 Å². The van der Waals surface area contributed by atoms with E-state index < -0.39 is 5.97 Å². The summed E-state index contributed by atoms with van der Waals surface area (Å²) in [5, 5.41) is 3.99. The van der Waals surface area contributed by atoms with E-state index in [1.54, 1.807) is 54.6 Å². The Morgan fingerprint density at radius 2 is 1.66 bits per heavy atom. The molecule has 0 aliphatic rings. The van der Waals surface area contributed by atoms with Gasteiger partial charge in [0.2, 0.25) is 0 Å². The molecule has 0 heterocycles. The zero-order chi connectivity index (χ0) is 20.8. The molecule has 0 radical (unpaired) electrons. The van der Waals surface area contributed by atoms with Crippen molar-refractivity contribution in [3.8, 4) is 5.75 Å². The van der Waals surface area contributed by atoms with Crippen molar-refractivity contribution >= 4 is 50.0 Å². The number of aryl methyl sites for hydroxylation is 1. The first-order chi connectivity index (χ1) is 13.9. The van der Waals surface area contributed by atoms with Gasteiger partial charge in [-0.05, 0) is 55.5 Å². The highest BCUT2D eigenvalue weighted by Gasteiger charge is 2.12. The van der Waals surface area contributed by atoms with E-state index in [-0.39, 0.29) is 5.91 Å². The SMILES string of the molecule is Cc1cccc(C(=O)Oc2ccc(Br)cc2/C=N/NC(=O)c2cccc(Br)c2)c1. The highest BCUT2D eigenvalue weighted by Crippen LogP contribution is 2.23. The Morgan fingerprint density at radius 1 is 0.931 bits per heavy atom. The van der Waals surface area contributed by atoms with Gasteiger partial charge < -0.3 is 4.74 Å². The molecule has 0 bridgehead atoms. The predicted octanol–water partition coefficient (Wildman–Crippen LogP) is 5.50. The molecule has 0 spiro atoms. The second-order valence-electron chi connectivity index (χ2n) is 6.15. The second kappa shape index (κ2) is 9.62. The summed E-state index contributed by atoms with van der Waals surface area (Å²) in [5.74, 6) is -0.486. The van der Waals surface area contributed by atoms with Crippen molar-refractivity contribution in [2.24, 2.45) is 5.10 Å². The van der Waals surface area contributed by atoms with Gasteiger partial charge in [0, 0.05) is 20.1 Å². The Labute approximate surface area is 185 Å². The Kier molecular flexibility index (Phi) is 6.95. The quantitative estimate of drug-likeness (QED) is 0.211. The lowest BCUT2D eigenvalue weighted by Gasteiger charge is -2.08. The first kappa shape index (κ1) is 21.0. The van der Waals surface area contributed by atoms with Gasteiger partial charge in [-0.25, -0.2) is 10.2 Å². The van der Waals surface area contributed by atoms with Crippen LogP contribution in [-0.2, 0) is 0 Å². The summed E-state index contributed by atoms with van der Waals surface area (Å²) >= 11 is 6.72. The van der Waals surface area contributed by atoms with Crippen LogP contribution in [0.3, 0.4) is 0 Å². The minimum Gasteiger partial charge on any atom is -0.422 e. The van der Waals surface area contributed by atoms with Crippen molar-refractivity contribution in [1.29, 1.82) is 0 Å². The van der Waals surface area contributed by atoms with E-state index in [9.17, 15) is 9.59 Å². The summed E-state index contributed by atoms with van der Waals surface area (Å²) in [6, 6.07) is 19.3. The van der Waals surface area contributed by atoms with Gasteiger partial charge >= 0.3 is 5.97 Å². The molecule has 1 amide bonds. The molecule has 3 aromatic carbocycles. The lowest BCUT2D eigenvalue weighted by Crippen LogP contribution is -2.17. The number of nitrogens with one attached hydrogen (secondary N) is 1. The molecule has 29 heavy (non-hydrogen) atoms. The molecule has 3 aromatic rings. The van der Waals surface area contributed by atoms with Crippen molar-refractivity contribution in [1.82, 2.24) is 5.43 Å². The van der Waals surface area contributed by atoms with E-state index in [0.717, 1.165) is 14.5 Å². The average molecular weight is 516 g/mol. The third-order valence-electron chi connectivity index (χ3n) is 3.88. The second-order valence-corrected chi connectivity index (χ2v) is 7.98. The van der Waals surface area contributed by atoms with Crippen LogP contribution < -0.4 is 10.2 Å². The minimum absolute atomic E-state index is 0.333. The van der Waals surface area contributed by atoms with E-state index in [0.29, 0.717) is 22.4 Å². The van der Waals surface area contributed by atoms with Gasteiger partial charge in [-0.1, -0.05) is 55.6 Å². The zero-order valence-electron chi connectivity index (χ0n) is 15.4. The van der Waals surface area contributed by atoms with Crippen LogP contribution in [0, 0.1) is 6.92 Å². The van der Waals surface area contributed by atoms with E-state index in [2.05, 4.69) is 42.4 Å². The molecule has 3 rings (SSSR count). The van der Waals surface area contributed by atoms with E-state index in [1.807, 2.05) is 19.1 Å². The fraction of sp³-hybridized carbons (Fsp3) is 0.0455. The van der Waals surface area contributed by atoms with Crippen LogP contribution in [-0.4, -0.2) is 18.1 Å². The number of benzene rings is 3. The first-order valence-corrected chi connectivity index (χ1v) is 10.2. The number of amides is 1. The number of esters is 1. The molecule has 0 aromatic heterocycles. The normalized spacial score (nSPS) is 10.7. The smallest absolute Gasteiger partial charge is 0.343 e. The largest absolute Gasteiger partial charge is 0.422 e. The number of carbonyl (C=O) groups excluding carboxylic acids is 2. The van der Waals surface area contributed by atoms with Gasteiger partial charge in [0.1, 0.15) is 5.75 Å². The molecule has 7 heteroatoms. The molecular formula is C22H16Br2N2O3. The van der Waals surface area contributed by atoms with Crippen molar-refractivity contribution in [3.05, 3.63) is 97.9 Å². The maximum absolute atomic E-state index is 12.4. The van der Waals surface area contributed by atoms with Gasteiger partial charge in [-0.3, -0.25) is 4.79 Å². The van der Waals surface area contributed by atoms with Crippen LogP contribution in [0.25, 0.3) is 0 Å². The van der Waals surface area contributed by atoms with Crippen LogP contribution in [0.5, 0.6) is 5.75 Å². The van der Waals surface area contributed by atoms with Crippen LogP contribution in [0.15, 0.2) is 80.8 Å². The molecule has 0 aliphatic heterocycles. The molecule has 0 saturated heterocycles. The first-order valence-electron chi connectivity index (χ1n) is 8.60. The monoisotopic (exact) mass is 514 g/mol. The Morgan fingerprint density at radius 3 is 2.41 bits per heavy atom. The van der Waals surface area contributed by atoms with Gasteiger partial charge in [0.15, 0.2) is 0 Å². The third-order valence-corrected chi connectivity index (χ3v) is 4.87. The molecule has 5 nitrogen and oxygen atoms in total. The fourth-order valence-corrected chi connectivity index (χ4v) is 3.28. The maximum Gasteiger partial charge on any atom is 0.343 e. The van der Waals surface area contributed by atoms with Crippen LogP contribution in [0.1, 0.15) is 31.8 Å². The van der Waals surface area contributed by atoms with Crippen molar-refractivity contribution in [2.75, 3.05) is 0 Å². The average Bonchev–Trinajstić information content (AvgIpc) is 2.69. The molecule has 1 N–H and O–H groups in total. The lowest BCUT2D eigenvalue weighted by atomic mass is 10.1. The Bertz CT molecular complexity index is 1100. The lowest BCUT2D eigenvalue weighted by molar-refractivity contribution is 0.0734. The van der Waals surface area contributed by atoms with Gasteiger partial charge in [-0.2, -0.15) is 5.10 Å². The summed E-state index contributed by atoms with van der Waals surface area (Å²) in [4.78, 5) is 24.6. The van der Waals surface area contributed by atoms with E-state index in [1.165, 1.54) is 6.21 Å². The van der Waals surface area contributed by atoms with Crippen LogP contribution in [0.2, 0.25) is 0 Å². The minimum atomic E-state index is -0.469. The summed E-state index contributed by atoms with van der Waals surface area (Å²) in [5.41, 5.74) is 4.90. The van der Waals surface area contributed by atoms with Gasteiger partial charge in [0.25, 0.3) is 5.91 Å². The fourth-order valence-electron chi connectivity index (χ4n) is 2.50. The summed E-state index contributed by atoms with van der Waals surface area (Å²) < 4.78 is 7.11. The molecule has 0 unspecified atom stereocenters. The van der Waals surface area contributed by atoms with Crippen LogP contribution in [0.4, 0.5) is 0 Å². The Balaban J connectivity index is 1.75. The van der Waals surface area contributed by atoms with Gasteiger partial charge in [0.05, 0.1) is 11.8 Å². The van der Waals surface area contributed by atoms with Crippen molar-refractivity contribution < 1.29 is 14.3 Å². The van der Waals surface area contributed by atoms with Crippen molar-refractivity contribution in [2.45, 2.75) is 6.92 Å². The highest BCUT2D eigenvalue weighted by atomic mass is 79.9. The van der Waals surface area contributed by atoms with E-state index >= 15 is 0 Å².